The average molecular weight is 266 g/mol. The van der Waals surface area contributed by atoms with Crippen LogP contribution in [0.15, 0.2) is 6.07 Å². The van der Waals surface area contributed by atoms with Crippen molar-refractivity contribution < 1.29 is 0 Å². The summed E-state index contributed by atoms with van der Waals surface area (Å²) in [5, 5.41) is 0. The van der Waals surface area contributed by atoms with Crippen LogP contribution in [-0.4, -0.2) is 48.6 Å². The molecular weight excluding hydrogens is 240 g/mol. The number of anilines is 2. The quantitative estimate of drug-likeness (QED) is 0.569. The SMILES string of the molecule is Cc1cc(N(CCN(C)C)CC(C)C)nc(NN)n1. The van der Waals surface area contributed by atoms with Crippen molar-refractivity contribution in [3.63, 3.8) is 0 Å². The highest BCUT2D eigenvalue weighted by Crippen LogP contribution is 2.16. The van der Waals surface area contributed by atoms with E-state index in [0.717, 1.165) is 31.1 Å². The van der Waals surface area contributed by atoms with E-state index in [4.69, 9.17) is 5.84 Å². The summed E-state index contributed by atoms with van der Waals surface area (Å²) in [6.45, 7) is 9.25. The van der Waals surface area contributed by atoms with Gasteiger partial charge in [-0.15, -0.1) is 0 Å². The molecule has 0 aliphatic carbocycles. The fraction of sp³-hybridized carbons (Fsp3) is 0.692. The molecule has 6 nitrogen and oxygen atoms in total. The second kappa shape index (κ2) is 7.25. The first-order chi connectivity index (χ1) is 8.92. The van der Waals surface area contributed by atoms with Gasteiger partial charge < -0.3 is 9.80 Å². The largest absolute Gasteiger partial charge is 0.355 e. The molecule has 0 atom stereocenters. The van der Waals surface area contributed by atoms with Crippen molar-refractivity contribution in [3.05, 3.63) is 11.8 Å². The van der Waals surface area contributed by atoms with Gasteiger partial charge in [-0.25, -0.2) is 10.8 Å². The van der Waals surface area contributed by atoms with E-state index in [0.29, 0.717) is 11.9 Å². The van der Waals surface area contributed by atoms with Gasteiger partial charge in [-0.1, -0.05) is 13.8 Å². The van der Waals surface area contributed by atoms with Gasteiger partial charge in [0.05, 0.1) is 0 Å². The van der Waals surface area contributed by atoms with Gasteiger partial charge in [-0.05, 0) is 26.9 Å². The molecule has 0 saturated carbocycles. The summed E-state index contributed by atoms with van der Waals surface area (Å²) in [4.78, 5) is 13.1. The number of aromatic nitrogens is 2. The minimum atomic E-state index is 0.466. The monoisotopic (exact) mass is 266 g/mol. The van der Waals surface area contributed by atoms with E-state index in [-0.39, 0.29) is 0 Å². The van der Waals surface area contributed by atoms with E-state index < -0.39 is 0 Å². The highest BCUT2D eigenvalue weighted by atomic mass is 15.3. The lowest BCUT2D eigenvalue weighted by molar-refractivity contribution is 0.408. The topological polar surface area (TPSA) is 70.3 Å². The first kappa shape index (κ1) is 15.7. The Bertz CT molecular complexity index is 391. The number of hydrazine groups is 1. The number of hydrogen-bond donors (Lipinski definition) is 2. The van der Waals surface area contributed by atoms with Gasteiger partial charge in [0, 0.05) is 31.4 Å². The molecular formula is C13H26N6. The molecule has 108 valence electrons. The van der Waals surface area contributed by atoms with Crippen LogP contribution in [0.1, 0.15) is 19.5 Å². The summed E-state index contributed by atoms with van der Waals surface area (Å²) < 4.78 is 0. The van der Waals surface area contributed by atoms with Gasteiger partial charge >= 0.3 is 0 Å². The number of nitrogens with zero attached hydrogens (tertiary/aromatic N) is 4. The second-order valence-corrected chi connectivity index (χ2v) is 5.48. The first-order valence-electron chi connectivity index (χ1n) is 6.64. The van der Waals surface area contributed by atoms with Crippen LogP contribution in [0.3, 0.4) is 0 Å². The molecule has 0 unspecified atom stereocenters. The molecule has 0 fully saturated rings. The molecule has 0 bridgehead atoms. The molecule has 0 amide bonds. The number of nitrogens with two attached hydrogens (primary N) is 1. The smallest absolute Gasteiger partial charge is 0.239 e. The third kappa shape index (κ3) is 5.40. The predicted molar refractivity (Wildman–Crippen MR) is 80.2 cm³/mol. The van der Waals surface area contributed by atoms with Crippen molar-refractivity contribution in [1.82, 2.24) is 14.9 Å². The van der Waals surface area contributed by atoms with Crippen LogP contribution >= 0.6 is 0 Å². The van der Waals surface area contributed by atoms with Crippen molar-refractivity contribution in [2.45, 2.75) is 20.8 Å². The first-order valence-corrected chi connectivity index (χ1v) is 6.64. The van der Waals surface area contributed by atoms with E-state index in [1.54, 1.807) is 0 Å². The summed E-state index contributed by atoms with van der Waals surface area (Å²) in [6.07, 6.45) is 0. The van der Waals surface area contributed by atoms with Crippen LogP contribution in [0.5, 0.6) is 0 Å². The number of nitrogens with one attached hydrogen (secondary N) is 1. The molecule has 1 rings (SSSR count). The molecule has 6 heteroatoms. The zero-order valence-corrected chi connectivity index (χ0v) is 12.6. The van der Waals surface area contributed by atoms with E-state index in [1.807, 2.05) is 13.0 Å². The third-order valence-corrected chi connectivity index (χ3v) is 2.70. The van der Waals surface area contributed by atoms with Crippen molar-refractivity contribution >= 4 is 11.8 Å². The van der Waals surface area contributed by atoms with Crippen LogP contribution in [0.2, 0.25) is 0 Å². The van der Waals surface area contributed by atoms with E-state index in [1.165, 1.54) is 0 Å². The number of nitrogen functional groups attached to an aromatic ring is 1. The Labute approximate surface area is 116 Å². The lowest BCUT2D eigenvalue weighted by Crippen LogP contribution is -2.35. The lowest BCUT2D eigenvalue weighted by atomic mass is 10.2. The molecule has 0 aliphatic heterocycles. The maximum Gasteiger partial charge on any atom is 0.239 e. The molecule has 0 spiro atoms. The molecule has 1 aromatic rings. The summed E-state index contributed by atoms with van der Waals surface area (Å²) in [5.74, 6) is 7.38. The van der Waals surface area contributed by atoms with Crippen LogP contribution in [0, 0.1) is 12.8 Å². The number of likely N-dealkylation sites (N-methyl/N-ethyl adjacent to an activating group) is 1. The van der Waals surface area contributed by atoms with Gasteiger partial charge in [0.1, 0.15) is 5.82 Å². The fourth-order valence-corrected chi connectivity index (χ4v) is 1.84. The normalized spacial score (nSPS) is 11.2. The maximum absolute atomic E-state index is 5.41. The number of rotatable bonds is 7. The Morgan fingerprint density at radius 2 is 1.95 bits per heavy atom. The summed E-state index contributed by atoms with van der Waals surface area (Å²) in [7, 11) is 4.15. The molecule has 0 radical (unpaired) electrons. The van der Waals surface area contributed by atoms with Crippen LogP contribution in [0.4, 0.5) is 11.8 Å². The molecule has 0 aromatic carbocycles. The molecule has 1 aromatic heterocycles. The molecule has 0 aliphatic rings. The Kier molecular flexibility index (Phi) is 5.98. The minimum absolute atomic E-state index is 0.466. The highest BCUT2D eigenvalue weighted by molar-refractivity contribution is 5.44. The summed E-state index contributed by atoms with van der Waals surface area (Å²) in [5.41, 5.74) is 3.44. The molecule has 3 N–H and O–H groups in total. The second-order valence-electron chi connectivity index (χ2n) is 5.48. The predicted octanol–water partition coefficient (Wildman–Crippen LogP) is 1.09. The molecule has 1 heterocycles. The summed E-state index contributed by atoms with van der Waals surface area (Å²) in [6, 6.07) is 2.00. The van der Waals surface area contributed by atoms with Crippen LogP contribution in [0.25, 0.3) is 0 Å². The van der Waals surface area contributed by atoms with Crippen molar-refractivity contribution in [2.75, 3.05) is 44.1 Å². The molecule has 19 heavy (non-hydrogen) atoms. The minimum Gasteiger partial charge on any atom is -0.355 e. The standard InChI is InChI=1S/C13H26N6/c1-10(2)9-19(7-6-18(4)5)12-8-11(3)15-13(16-12)17-14/h8,10H,6-7,9,14H2,1-5H3,(H,15,16,17). The zero-order valence-electron chi connectivity index (χ0n) is 12.6. The fourth-order valence-electron chi connectivity index (χ4n) is 1.84. The zero-order chi connectivity index (χ0) is 14.4. The summed E-state index contributed by atoms with van der Waals surface area (Å²) >= 11 is 0. The average Bonchev–Trinajstić information content (AvgIpc) is 2.32. The van der Waals surface area contributed by atoms with Gasteiger partial charge in [0.15, 0.2) is 0 Å². The van der Waals surface area contributed by atoms with Gasteiger partial charge in [-0.2, -0.15) is 4.98 Å². The van der Waals surface area contributed by atoms with Crippen molar-refractivity contribution in [1.29, 1.82) is 0 Å². The number of aryl methyl sites for hydroxylation is 1. The Balaban J connectivity index is 2.91. The Morgan fingerprint density at radius 3 is 2.47 bits per heavy atom. The molecule has 0 saturated heterocycles. The Hall–Kier alpha value is -1.40. The van der Waals surface area contributed by atoms with Gasteiger partial charge in [-0.3, -0.25) is 5.43 Å². The van der Waals surface area contributed by atoms with Crippen molar-refractivity contribution in [3.8, 4) is 0 Å². The third-order valence-electron chi connectivity index (χ3n) is 2.70. The number of hydrogen-bond acceptors (Lipinski definition) is 6. The van der Waals surface area contributed by atoms with Crippen LogP contribution in [-0.2, 0) is 0 Å². The lowest BCUT2D eigenvalue weighted by Gasteiger charge is -2.27. The van der Waals surface area contributed by atoms with E-state index in [2.05, 4.69) is 53.1 Å². The van der Waals surface area contributed by atoms with Gasteiger partial charge in [0.25, 0.3) is 0 Å². The highest BCUT2D eigenvalue weighted by Gasteiger charge is 2.12. The maximum atomic E-state index is 5.41. The van der Waals surface area contributed by atoms with Gasteiger partial charge in [0.2, 0.25) is 5.95 Å². The van der Waals surface area contributed by atoms with Crippen molar-refractivity contribution in [2.24, 2.45) is 11.8 Å². The van der Waals surface area contributed by atoms with Crippen LogP contribution < -0.4 is 16.2 Å². The van der Waals surface area contributed by atoms with E-state index >= 15 is 0 Å². The van der Waals surface area contributed by atoms with E-state index in [9.17, 15) is 0 Å². The Morgan fingerprint density at radius 1 is 1.26 bits per heavy atom.